The van der Waals surface area contributed by atoms with Crippen molar-refractivity contribution in [1.82, 2.24) is 9.13 Å². The predicted octanol–water partition coefficient (Wildman–Crippen LogP) is 5.52. The van der Waals surface area contributed by atoms with Crippen LogP contribution in [0.4, 0.5) is 0 Å². The van der Waals surface area contributed by atoms with Crippen molar-refractivity contribution in [3.63, 3.8) is 0 Å². The molecule has 0 saturated carbocycles. The molecule has 0 amide bonds. The normalized spacial score (nSPS) is 9.04. The van der Waals surface area contributed by atoms with E-state index in [4.69, 9.17) is 4.74 Å². The average molecular weight is 339 g/mol. The van der Waals surface area contributed by atoms with Gasteiger partial charge in [-0.05, 0) is 18.6 Å². The van der Waals surface area contributed by atoms with Gasteiger partial charge in [0.15, 0.2) is 0 Å². The summed E-state index contributed by atoms with van der Waals surface area (Å²) in [4.78, 5) is 11.7. The van der Waals surface area contributed by atoms with Gasteiger partial charge in [0.2, 0.25) is 0 Å². The van der Waals surface area contributed by atoms with E-state index >= 15 is 0 Å². The van der Waals surface area contributed by atoms with Crippen LogP contribution >= 0.6 is 0 Å². The first kappa shape index (κ1) is 24.5. The molecule has 0 bridgehead atoms. The molecule has 0 radical (unpaired) electrons. The SMILES string of the molecule is CC.CC.CCCC.CCCOc1ccc2c(c1)n(C)c(=O)n2C. The average Bonchev–Trinajstić information content (AvgIpc) is 2.87. The maximum absolute atomic E-state index is 11.7. The van der Waals surface area contributed by atoms with Gasteiger partial charge in [-0.25, -0.2) is 4.79 Å². The molecular formula is C20H38N2O2. The summed E-state index contributed by atoms with van der Waals surface area (Å²) in [7, 11) is 3.55. The number of fused-ring (bicyclic) bond motifs is 1. The number of rotatable bonds is 4. The number of benzene rings is 1. The number of ether oxygens (including phenoxy) is 1. The Hall–Kier alpha value is -1.71. The Morgan fingerprint density at radius 3 is 1.79 bits per heavy atom. The van der Waals surface area contributed by atoms with Crippen LogP contribution in [0.5, 0.6) is 5.75 Å². The first-order valence-electron chi connectivity index (χ1n) is 9.35. The topological polar surface area (TPSA) is 36.2 Å². The van der Waals surface area contributed by atoms with Gasteiger partial charge < -0.3 is 4.74 Å². The molecule has 0 aliphatic heterocycles. The second-order valence-corrected chi connectivity index (χ2v) is 4.90. The van der Waals surface area contributed by atoms with Gasteiger partial charge in [0.05, 0.1) is 17.6 Å². The molecule has 0 aliphatic carbocycles. The number of hydrogen-bond donors (Lipinski definition) is 0. The van der Waals surface area contributed by atoms with Gasteiger partial charge in [-0.2, -0.15) is 0 Å². The molecule has 2 aromatic rings. The third-order valence-electron chi connectivity index (χ3n) is 3.22. The summed E-state index contributed by atoms with van der Waals surface area (Å²) in [6, 6.07) is 5.73. The first-order chi connectivity index (χ1) is 11.6. The summed E-state index contributed by atoms with van der Waals surface area (Å²) in [5.41, 5.74) is 1.82. The van der Waals surface area contributed by atoms with Crippen molar-refractivity contribution in [3.05, 3.63) is 28.7 Å². The molecule has 0 unspecified atom stereocenters. The fourth-order valence-electron chi connectivity index (χ4n) is 1.80. The molecular weight excluding hydrogens is 300 g/mol. The number of aryl methyl sites for hydroxylation is 2. The molecule has 0 atom stereocenters. The van der Waals surface area contributed by atoms with E-state index in [2.05, 4.69) is 20.8 Å². The largest absolute Gasteiger partial charge is 0.494 e. The minimum Gasteiger partial charge on any atom is -0.494 e. The fourth-order valence-corrected chi connectivity index (χ4v) is 1.80. The van der Waals surface area contributed by atoms with Gasteiger partial charge in [0.25, 0.3) is 0 Å². The molecule has 24 heavy (non-hydrogen) atoms. The summed E-state index contributed by atoms with van der Waals surface area (Å²) in [5.74, 6) is 0.815. The minimum atomic E-state index is -0.0114. The minimum absolute atomic E-state index is 0.0114. The lowest BCUT2D eigenvalue weighted by molar-refractivity contribution is 0.318. The van der Waals surface area contributed by atoms with Crippen molar-refractivity contribution in [2.45, 2.75) is 67.7 Å². The Morgan fingerprint density at radius 2 is 1.33 bits per heavy atom. The van der Waals surface area contributed by atoms with Crippen LogP contribution in [0.1, 0.15) is 67.7 Å². The zero-order chi connectivity index (χ0) is 19.1. The zero-order valence-electron chi connectivity index (χ0n) is 17.3. The van der Waals surface area contributed by atoms with E-state index in [0.717, 1.165) is 23.2 Å². The number of nitrogens with zero attached hydrogens (tertiary/aromatic N) is 2. The molecule has 0 fully saturated rings. The van der Waals surface area contributed by atoms with Crippen LogP contribution in [-0.2, 0) is 14.1 Å². The molecule has 1 aromatic heterocycles. The predicted molar refractivity (Wildman–Crippen MR) is 107 cm³/mol. The quantitative estimate of drug-likeness (QED) is 0.735. The summed E-state index contributed by atoms with van der Waals surface area (Å²) in [5, 5.41) is 0. The summed E-state index contributed by atoms with van der Waals surface area (Å²) < 4.78 is 8.81. The van der Waals surface area contributed by atoms with E-state index < -0.39 is 0 Å². The van der Waals surface area contributed by atoms with Crippen molar-refractivity contribution in [3.8, 4) is 5.75 Å². The van der Waals surface area contributed by atoms with Crippen molar-refractivity contribution < 1.29 is 4.74 Å². The molecule has 1 aromatic carbocycles. The Labute approximate surface area is 148 Å². The van der Waals surface area contributed by atoms with Crippen LogP contribution in [0.3, 0.4) is 0 Å². The second-order valence-electron chi connectivity index (χ2n) is 4.90. The molecule has 140 valence electrons. The number of imidazole rings is 1. The molecule has 4 heteroatoms. The molecule has 0 spiro atoms. The van der Waals surface area contributed by atoms with E-state index in [9.17, 15) is 4.79 Å². The smallest absolute Gasteiger partial charge is 0.328 e. The van der Waals surface area contributed by atoms with E-state index in [1.165, 1.54) is 12.8 Å². The van der Waals surface area contributed by atoms with Crippen LogP contribution in [0.2, 0.25) is 0 Å². The van der Waals surface area contributed by atoms with Crippen LogP contribution in [0, 0.1) is 0 Å². The molecule has 2 rings (SSSR count). The van der Waals surface area contributed by atoms with E-state index in [0.29, 0.717) is 6.61 Å². The van der Waals surface area contributed by atoms with Crippen molar-refractivity contribution >= 4 is 11.0 Å². The Kier molecular flexibility index (Phi) is 15.2. The number of hydrogen-bond acceptors (Lipinski definition) is 2. The Morgan fingerprint density at radius 1 is 0.833 bits per heavy atom. The van der Waals surface area contributed by atoms with E-state index in [1.54, 1.807) is 23.2 Å². The van der Waals surface area contributed by atoms with Gasteiger partial charge in [-0.1, -0.05) is 61.3 Å². The molecule has 0 N–H and O–H groups in total. The third-order valence-corrected chi connectivity index (χ3v) is 3.22. The van der Waals surface area contributed by atoms with Gasteiger partial charge in [0.1, 0.15) is 5.75 Å². The lowest BCUT2D eigenvalue weighted by atomic mass is 10.3. The monoisotopic (exact) mass is 338 g/mol. The number of aromatic nitrogens is 2. The third kappa shape index (κ3) is 7.24. The fraction of sp³-hybridized carbons (Fsp3) is 0.650. The highest BCUT2D eigenvalue weighted by atomic mass is 16.5. The highest BCUT2D eigenvalue weighted by Crippen LogP contribution is 2.19. The summed E-state index contributed by atoms with van der Waals surface area (Å²) >= 11 is 0. The highest BCUT2D eigenvalue weighted by molar-refractivity contribution is 5.77. The lowest BCUT2D eigenvalue weighted by Crippen LogP contribution is -2.19. The van der Waals surface area contributed by atoms with E-state index in [-0.39, 0.29) is 5.69 Å². The molecule has 0 aliphatic rings. The maximum Gasteiger partial charge on any atom is 0.328 e. The highest BCUT2D eigenvalue weighted by Gasteiger charge is 2.08. The van der Waals surface area contributed by atoms with Gasteiger partial charge >= 0.3 is 5.69 Å². The van der Waals surface area contributed by atoms with E-state index in [1.807, 2.05) is 45.9 Å². The standard InChI is InChI=1S/C12H16N2O2.C4H10.2C2H6/c1-4-7-16-9-5-6-10-11(8-9)14(3)12(15)13(10)2;1-3-4-2;2*1-2/h5-6,8H,4,7H2,1-3H3;3-4H2,1-2H3;2*1-2H3. The van der Waals surface area contributed by atoms with Crippen LogP contribution in [0.15, 0.2) is 23.0 Å². The lowest BCUT2D eigenvalue weighted by Gasteiger charge is -2.04. The maximum atomic E-state index is 11.7. The molecule has 4 nitrogen and oxygen atoms in total. The Balaban J connectivity index is 0. The van der Waals surface area contributed by atoms with Crippen molar-refractivity contribution in [2.75, 3.05) is 6.61 Å². The van der Waals surface area contributed by atoms with Crippen molar-refractivity contribution in [1.29, 1.82) is 0 Å². The molecule has 0 saturated heterocycles. The summed E-state index contributed by atoms with van der Waals surface area (Å²) in [6.45, 7) is 15.1. The first-order valence-corrected chi connectivity index (χ1v) is 9.35. The summed E-state index contributed by atoms with van der Waals surface area (Å²) in [6.07, 6.45) is 3.62. The van der Waals surface area contributed by atoms with Gasteiger partial charge in [0, 0.05) is 20.2 Å². The van der Waals surface area contributed by atoms with Crippen LogP contribution in [0.25, 0.3) is 11.0 Å². The Bertz CT molecular complexity index is 595. The number of unbranched alkanes of at least 4 members (excludes halogenated alkanes) is 1. The van der Waals surface area contributed by atoms with Crippen LogP contribution in [-0.4, -0.2) is 15.7 Å². The van der Waals surface area contributed by atoms with Gasteiger partial charge in [-0.15, -0.1) is 0 Å². The van der Waals surface area contributed by atoms with Crippen molar-refractivity contribution in [2.24, 2.45) is 14.1 Å². The molecule has 1 heterocycles. The zero-order valence-corrected chi connectivity index (χ0v) is 17.3. The van der Waals surface area contributed by atoms with Gasteiger partial charge in [-0.3, -0.25) is 9.13 Å². The second kappa shape index (κ2) is 14.9. The van der Waals surface area contributed by atoms with Crippen LogP contribution < -0.4 is 10.4 Å².